The Kier molecular flexibility index (Phi) is 3.94. The van der Waals surface area contributed by atoms with Gasteiger partial charge in [0, 0.05) is 15.4 Å². The van der Waals surface area contributed by atoms with Crippen molar-refractivity contribution in [2.75, 3.05) is 0 Å². The van der Waals surface area contributed by atoms with Crippen LogP contribution >= 0.6 is 15.9 Å². The van der Waals surface area contributed by atoms with E-state index in [-0.39, 0.29) is 18.9 Å². The van der Waals surface area contributed by atoms with E-state index in [1.54, 1.807) is 12.1 Å². The van der Waals surface area contributed by atoms with Crippen LogP contribution in [0.25, 0.3) is 11.0 Å². The van der Waals surface area contributed by atoms with E-state index in [4.69, 9.17) is 14.9 Å². The highest BCUT2D eigenvalue weighted by Crippen LogP contribution is 2.28. The number of halogens is 2. The van der Waals surface area contributed by atoms with Crippen LogP contribution < -0.4 is 10.5 Å². The van der Waals surface area contributed by atoms with E-state index < -0.39 is 5.82 Å². The predicted octanol–water partition coefficient (Wildman–Crippen LogP) is 4.37. The molecule has 21 heavy (non-hydrogen) atoms. The average molecular weight is 350 g/mol. The summed E-state index contributed by atoms with van der Waals surface area (Å²) in [5.74, 6) is 0.449. The summed E-state index contributed by atoms with van der Waals surface area (Å²) < 4.78 is 25.7. The SMILES string of the molecule is NCc1oc2ccccc2c1COc1cc(Br)ccc1F. The number of hydrogen-bond donors (Lipinski definition) is 1. The van der Waals surface area contributed by atoms with Gasteiger partial charge < -0.3 is 14.9 Å². The molecule has 2 aromatic carbocycles. The lowest BCUT2D eigenvalue weighted by Gasteiger charge is -2.08. The molecule has 0 spiro atoms. The van der Waals surface area contributed by atoms with E-state index in [0.717, 1.165) is 21.0 Å². The highest BCUT2D eigenvalue weighted by Gasteiger charge is 2.14. The average Bonchev–Trinajstić information content (AvgIpc) is 2.86. The molecule has 1 heterocycles. The zero-order valence-corrected chi connectivity index (χ0v) is 12.7. The Hall–Kier alpha value is -1.85. The molecule has 0 atom stereocenters. The minimum absolute atomic E-state index is 0.192. The number of nitrogens with two attached hydrogens (primary N) is 1. The maximum Gasteiger partial charge on any atom is 0.165 e. The standard InChI is InChI=1S/C16H13BrFNO2/c17-10-5-6-13(18)15(7-10)20-9-12-11-3-1-2-4-14(11)21-16(12)8-19/h1-7H,8-9,19H2. The number of para-hydroxylation sites is 1. The summed E-state index contributed by atoms with van der Waals surface area (Å²) in [6.45, 7) is 0.477. The molecule has 0 unspecified atom stereocenters. The second kappa shape index (κ2) is 5.87. The third-order valence-electron chi connectivity index (χ3n) is 3.23. The van der Waals surface area contributed by atoms with Crippen molar-refractivity contribution < 1.29 is 13.5 Å². The highest BCUT2D eigenvalue weighted by atomic mass is 79.9. The van der Waals surface area contributed by atoms with Gasteiger partial charge in [0.25, 0.3) is 0 Å². The first-order chi connectivity index (χ1) is 10.2. The van der Waals surface area contributed by atoms with Crippen molar-refractivity contribution in [2.45, 2.75) is 13.2 Å². The van der Waals surface area contributed by atoms with Gasteiger partial charge in [0.05, 0.1) is 6.54 Å². The third kappa shape index (κ3) is 2.80. The number of furan rings is 1. The lowest BCUT2D eigenvalue weighted by atomic mass is 10.1. The van der Waals surface area contributed by atoms with Crippen LogP contribution in [0, 0.1) is 5.82 Å². The molecule has 0 radical (unpaired) electrons. The van der Waals surface area contributed by atoms with Gasteiger partial charge in [-0.05, 0) is 24.3 Å². The molecule has 0 fully saturated rings. The van der Waals surface area contributed by atoms with Crippen molar-refractivity contribution in [2.24, 2.45) is 5.73 Å². The molecule has 0 aliphatic heterocycles. The van der Waals surface area contributed by atoms with Gasteiger partial charge >= 0.3 is 0 Å². The van der Waals surface area contributed by atoms with Gasteiger partial charge in [0.1, 0.15) is 18.0 Å². The van der Waals surface area contributed by atoms with Crippen molar-refractivity contribution >= 4 is 26.9 Å². The molecule has 0 aliphatic rings. The Labute approximate surface area is 129 Å². The number of ether oxygens (including phenoxy) is 1. The zero-order chi connectivity index (χ0) is 14.8. The van der Waals surface area contributed by atoms with Gasteiger partial charge in [-0.3, -0.25) is 0 Å². The van der Waals surface area contributed by atoms with E-state index in [1.807, 2.05) is 24.3 Å². The molecule has 2 N–H and O–H groups in total. The van der Waals surface area contributed by atoms with Gasteiger partial charge in [0.2, 0.25) is 0 Å². The maximum absolute atomic E-state index is 13.7. The number of rotatable bonds is 4. The van der Waals surface area contributed by atoms with Gasteiger partial charge in [-0.2, -0.15) is 0 Å². The summed E-state index contributed by atoms with van der Waals surface area (Å²) in [5.41, 5.74) is 7.32. The minimum Gasteiger partial charge on any atom is -0.486 e. The molecule has 0 amide bonds. The summed E-state index contributed by atoms with van der Waals surface area (Å²) >= 11 is 3.30. The monoisotopic (exact) mass is 349 g/mol. The lowest BCUT2D eigenvalue weighted by molar-refractivity contribution is 0.288. The fraction of sp³-hybridized carbons (Fsp3) is 0.125. The Morgan fingerprint density at radius 1 is 1.19 bits per heavy atom. The van der Waals surface area contributed by atoms with E-state index in [1.165, 1.54) is 6.07 Å². The molecule has 3 aromatic rings. The number of fused-ring (bicyclic) bond motifs is 1. The number of benzene rings is 2. The van der Waals surface area contributed by atoms with E-state index in [2.05, 4.69) is 15.9 Å². The Morgan fingerprint density at radius 2 is 2.00 bits per heavy atom. The second-order valence-electron chi connectivity index (χ2n) is 4.57. The maximum atomic E-state index is 13.7. The van der Waals surface area contributed by atoms with Crippen LogP contribution in [0.3, 0.4) is 0 Å². The van der Waals surface area contributed by atoms with Gasteiger partial charge in [-0.1, -0.05) is 34.1 Å². The van der Waals surface area contributed by atoms with Crippen LogP contribution in [0.1, 0.15) is 11.3 Å². The van der Waals surface area contributed by atoms with Crippen molar-refractivity contribution in [3.05, 3.63) is 64.1 Å². The molecule has 3 rings (SSSR count). The van der Waals surface area contributed by atoms with E-state index >= 15 is 0 Å². The van der Waals surface area contributed by atoms with Crippen LogP contribution in [0.4, 0.5) is 4.39 Å². The van der Waals surface area contributed by atoms with Crippen molar-refractivity contribution in [1.82, 2.24) is 0 Å². The topological polar surface area (TPSA) is 48.4 Å². The molecule has 1 aromatic heterocycles. The number of hydrogen-bond acceptors (Lipinski definition) is 3. The first-order valence-electron chi connectivity index (χ1n) is 6.46. The van der Waals surface area contributed by atoms with Gasteiger partial charge in [-0.25, -0.2) is 4.39 Å². The van der Waals surface area contributed by atoms with Gasteiger partial charge in [-0.15, -0.1) is 0 Å². The summed E-state index contributed by atoms with van der Waals surface area (Å²) in [4.78, 5) is 0. The lowest BCUT2D eigenvalue weighted by Crippen LogP contribution is -2.03. The van der Waals surface area contributed by atoms with E-state index in [0.29, 0.717) is 5.76 Å². The molecule has 5 heteroatoms. The second-order valence-corrected chi connectivity index (χ2v) is 5.48. The third-order valence-corrected chi connectivity index (χ3v) is 3.73. The quantitative estimate of drug-likeness (QED) is 0.760. The predicted molar refractivity (Wildman–Crippen MR) is 82.5 cm³/mol. The highest BCUT2D eigenvalue weighted by molar-refractivity contribution is 9.10. The molecule has 3 nitrogen and oxygen atoms in total. The summed E-state index contributed by atoms with van der Waals surface area (Å²) in [5, 5.41) is 0.938. The molecule has 0 bridgehead atoms. The summed E-state index contributed by atoms with van der Waals surface area (Å²) in [6.07, 6.45) is 0. The first kappa shape index (κ1) is 14.1. The molecular weight excluding hydrogens is 337 g/mol. The fourth-order valence-corrected chi connectivity index (χ4v) is 2.55. The van der Waals surface area contributed by atoms with Crippen LogP contribution in [0.15, 0.2) is 51.4 Å². The minimum atomic E-state index is -0.403. The van der Waals surface area contributed by atoms with Crippen molar-refractivity contribution in [1.29, 1.82) is 0 Å². The summed E-state index contributed by atoms with van der Waals surface area (Å²) in [6, 6.07) is 12.2. The van der Waals surface area contributed by atoms with Crippen LogP contribution in [-0.2, 0) is 13.2 Å². The molecule has 0 saturated heterocycles. The normalized spacial score (nSPS) is 11.0. The van der Waals surface area contributed by atoms with Gasteiger partial charge in [0.15, 0.2) is 11.6 Å². The van der Waals surface area contributed by atoms with Crippen LogP contribution in [0.5, 0.6) is 5.75 Å². The molecule has 108 valence electrons. The Morgan fingerprint density at radius 3 is 2.81 bits per heavy atom. The first-order valence-corrected chi connectivity index (χ1v) is 7.25. The largest absolute Gasteiger partial charge is 0.486 e. The van der Waals surface area contributed by atoms with E-state index in [9.17, 15) is 4.39 Å². The molecule has 0 saturated carbocycles. The summed E-state index contributed by atoms with van der Waals surface area (Å²) in [7, 11) is 0. The van der Waals surface area contributed by atoms with Crippen LogP contribution in [0.2, 0.25) is 0 Å². The van der Waals surface area contributed by atoms with Crippen LogP contribution in [-0.4, -0.2) is 0 Å². The molecule has 0 aliphatic carbocycles. The van der Waals surface area contributed by atoms with Crippen molar-refractivity contribution in [3.8, 4) is 5.75 Å². The smallest absolute Gasteiger partial charge is 0.165 e. The Bertz CT molecular complexity index is 785. The molecular formula is C16H13BrFNO2. The zero-order valence-electron chi connectivity index (χ0n) is 11.1. The van der Waals surface area contributed by atoms with Crippen molar-refractivity contribution in [3.63, 3.8) is 0 Å². The fourth-order valence-electron chi connectivity index (χ4n) is 2.21. The Balaban J connectivity index is 1.93.